The molecule has 142 valence electrons. The molecule has 0 bridgehead atoms. The fraction of sp³-hybridized carbons (Fsp3) is 0.667. The zero-order valence-corrected chi connectivity index (χ0v) is 15.9. The number of piperazine rings is 1. The first kappa shape index (κ1) is 17.8. The van der Waals surface area contributed by atoms with Gasteiger partial charge >= 0.3 is 0 Å². The van der Waals surface area contributed by atoms with Crippen LogP contribution in [-0.2, 0) is 11.3 Å². The molecular formula is C21H31N3O2. The molecule has 1 atom stereocenters. The quantitative estimate of drug-likeness (QED) is 0.844. The highest BCUT2D eigenvalue weighted by atomic mass is 16.5. The van der Waals surface area contributed by atoms with Gasteiger partial charge in [0.05, 0.1) is 5.69 Å². The molecule has 1 saturated carbocycles. The van der Waals surface area contributed by atoms with Crippen LogP contribution in [0.5, 0.6) is 5.75 Å². The lowest BCUT2D eigenvalue weighted by Crippen LogP contribution is -2.49. The highest BCUT2D eigenvalue weighted by Gasteiger charge is 2.26. The fourth-order valence-corrected chi connectivity index (χ4v) is 4.52. The SMILES string of the molecule is CC1Oc2ccc(CN3CCN(C4CCCCCC4)CC3)cc2NC1=O. The lowest BCUT2D eigenvalue weighted by molar-refractivity contribution is -0.122. The Labute approximate surface area is 156 Å². The van der Waals surface area contributed by atoms with E-state index in [1.165, 1.54) is 57.2 Å². The van der Waals surface area contributed by atoms with E-state index in [4.69, 9.17) is 4.74 Å². The number of benzene rings is 1. The van der Waals surface area contributed by atoms with Gasteiger partial charge in [-0.1, -0.05) is 31.7 Å². The number of hydrogen-bond donors (Lipinski definition) is 1. The second-order valence-electron chi connectivity index (χ2n) is 8.04. The summed E-state index contributed by atoms with van der Waals surface area (Å²) in [5.74, 6) is 0.714. The summed E-state index contributed by atoms with van der Waals surface area (Å²) >= 11 is 0. The summed E-state index contributed by atoms with van der Waals surface area (Å²) in [6.07, 6.45) is 8.04. The Kier molecular flexibility index (Phi) is 5.46. The molecule has 1 aromatic carbocycles. The first-order valence-electron chi connectivity index (χ1n) is 10.3. The normalized spacial score (nSPS) is 25.9. The number of anilines is 1. The molecule has 5 heteroatoms. The van der Waals surface area contributed by atoms with E-state index in [1.807, 2.05) is 6.07 Å². The van der Waals surface area contributed by atoms with Crippen molar-refractivity contribution in [3.05, 3.63) is 23.8 Å². The Morgan fingerprint density at radius 2 is 1.81 bits per heavy atom. The molecule has 1 aliphatic carbocycles. The average molecular weight is 357 g/mol. The van der Waals surface area contributed by atoms with Crippen molar-refractivity contribution in [2.45, 2.75) is 64.1 Å². The third-order valence-electron chi connectivity index (χ3n) is 6.13. The molecule has 5 nitrogen and oxygen atoms in total. The van der Waals surface area contributed by atoms with Gasteiger partial charge in [-0.15, -0.1) is 0 Å². The molecule has 2 heterocycles. The van der Waals surface area contributed by atoms with Crippen molar-refractivity contribution in [2.24, 2.45) is 0 Å². The molecule has 1 N–H and O–H groups in total. The summed E-state index contributed by atoms with van der Waals surface area (Å²) in [6.45, 7) is 7.36. The third-order valence-corrected chi connectivity index (χ3v) is 6.13. The van der Waals surface area contributed by atoms with Gasteiger partial charge in [0, 0.05) is 38.8 Å². The zero-order chi connectivity index (χ0) is 17.9. The molecule has 26 heavy (non-hydrogen) atoms. The number of carbonyl (C=O) groups excluding carboxylic acids is 1. The molecule has 3 aliphatic rings. The molecule has 1 saturated heterocycles. The van der Waals surface area contributed by atoms with E-state index in [1.54, 1.807) is 6.92 Å². The Morgan fingerprint density at radius 1 is 1.08 bits per heavy atom. The maximum absolute atomic E-state index is 11.8. The van der Waals surface area contributed by atoms with Crippen molar-refractivity contribution >= 4 is 11.6 Å². The van der Waals surface area contributed by atoms with Crippen molar-refractivity contribution in [2.75, 3.05) is 31.5 Å². The van der Waals surface area contributed by atoms with Crippen molar-refractivity contribution < 1.29 is 9.53 Å². The van der Waals surface area contributed by atoms with E-state index < -0.39 is 6.10 Å². The van der Waals surface area contributed by atoms with Crippen LogP contribution in [-0.4, -0.2) is 54.0 Å². The second-order valence-corrected chi connectivity index (χ2v) is 8.04. The number of nitrogens with one attached hydrogen (secondary N) is 1. The van der Waals surface area contributed by atoms with E-state index in [2.05, 4.69) is 27.2 Å². The van der Waals surface area contributed by atoms with Crippen molar-refractivity contribution in [3.8, 4) is 5.75 Å². The lowest BCUT2D eigenvalue weighted by atomic mass is 10.1. The summed E-state index contributed by atoms with van der Waals surface area (Å²) in [7, 11) is 0. The molecule has 1 aromatic rings. The van der Waals surface area contributed by atoms with Gasteiger partial charge in [0.15, 0.2) is 6.10 Å². The van der Waals surface area contributed by atoms with E-state index in [9.17, 15) is 4.79 Å². The molecule has 4 rings (SSSR count). The predicted molar refractivity (Wildman–Crippen MR) is 104 cm³/mol. The number of rotatable bonds is 3. The van der Waals surface area contributed by atoms with Crippen LogP contribution in [0.3, 0.4) is 0 Å². The summed E-state index contributed by atoms with van der Waals surface area (Å²) in [6, 6.07) is 7.00. The van der Waals surface area contributed by atoms with Gasteiger partial charge in [-0.25, -0.2) is 0 Å². The van der Waals surface area contributed by atoms with Gasteiger partial charge in [0.1, 0.15) is 5.75 Å². The Morgan fingerprint density at radius 3 is 2.54 bits per heavy atom. The first-order chi connectivity index (χ1) is 12.7. The van der Waals surface area contributed by atoms with Crippen LogP contribution >= 0.6 is 0 Å². The zero-order valence-electron chi connectivity index (χ0n) is 15.9. The highest BCUT2D eigenvalue weighted by molar-refractivity contribution is 5.97. The number of ether oxygens (including phenoxy) is 1. The Hall–Kier alpha value is -1.59. The minimum atomic E-state index is -0.412. The summed E-state index contributed by atoms with van der Waals surface area (Å²) in [5.41, 5.74) is 2.05. The smallest absolute Gasteiger partial charge is 0.265 e. The molecule has 1 unspecified atom stereocenters. The van der Waals surface area contributed by atoms with Gasteiger partial charge in [0.2, 0.25) is 0 Å². The molecule has 1 amide bonds. The fourth-order valence-electron chi connectivity index (χ4n) is 4.52. The third kappa shape index (κ3) is 4.04. The summed E-state index contributed by atoms with van der Waals surface area (Å²) in [5, 5.41) is 2.95. The minimum Gasteiger partial charge on any atom is -0.479 e. The van der Waals surface area contributed by atoms with Crippen LogP contribution in [0.15, 0.2) is 18.2 Å². The molecular weight excluding hydrogens is 326 g/mol. The van der Waals surface area contributed by atoms with Crippen LogP contribution < -0.4 is 10.1 Å². The molecule has 0 spiro atoms. The number of nitrogens with zero attached hydrogens (tertiary/aromatic N) is 2. The van der Waals surface area contributed by atoms with Crippen molar-refractivity contribution in [1.82, 2.24) is 9.80 Å². The van der Waals surface area contributed by atoms with Crippen LogP contribution in [0.4, 0.5) is 5.69 Å². The van der Waals surface area contributed by atoms with Crippen molar-refractivity contribution in [3.63, 3.8) is 0 Å². The second kappa shape index (κ2) is 7.97. The maximum Gasteiger partial charge on any atom is 0.265 e. The van der Waals surface area contributed by atoms with Gasteiger partial charge in [-0.05, 0) is 37.5 Å². The molecule has 2 fully saturated rings. The lowest BCUT2D eigenvalue weighted by Gasteiger charge is -2.39. The number of fused-ring (bicyclic) bond motifs is 1. The molecule has 2 aliphatic heterocycles. The molecule has 0 aromatic heterocycles. The summed E-state index contributed by atoms with van der Waals surface area (Å²) in [4.78, 5) is 17.1. The van der Waals surface area contributed by atoms with Crippen molar-refractivity contribution in [1.29, 1.82) is 0 Å². The number of carbonyl (C=O) groups is 1. The predicted octanol–water partition coefficient (Wildman–Crippen LogP) is 3.25. The van der Waals surface area contributed by atoms with Gasteiger partial charge in [-0.3, -0.25) is 14.6 Å². The number of hydrogen-bond acceptors (Lipinski definition) is 4. The monoisotopic (exact) mass is 357 g/mol. The van der Waals surface area contributed by atoms with E-state index >= 15 is 0 Å². The van der Waals surface area contributed by atoms with Crippen LogP contribution in [0.2, 0.25) is 0 Å². The van der Waals surface area contributed by atoms with Gasteiger partial charge in [-0.2, -0.15) is 0 Å². The summed E-state index contributed by atoms with van der Waals surface area (Å²) < 4.78 is 5.65. The van der Waals surface area contributed by atoms with Crippen LogP contribution in [0, 0.1) is 0 Å². The standard InChI is InChI=1S/C21H31N3O2/c1-16-21(25)22-19-14-17(8-9-20(19)26-16)15-23-10-12-24(13-11-23)18-6-4-2-3-5-7-18/h8-9,14,16,18H,2-7,10-13,15H2,1H3,(H,22,25). The van der Waals surface area contributed by atoms with Crippen LogP contribution in [0.1, 0.15) is 51.0 Å². The Balaban J connectivity index is 1.32. The largest absolute Gasteiger partial charge is 0.479 e. The van der Waals surface area contributed by atoms with E-state index in [-0.39, 0.29) is 5.91 Å². The minimum absolute atomic E-state index is 0.0633. The molecule has 0 radical (unpaired) electrons. The maximum atomic E-state index is 11.8. The van der Waals surface area contributed by atoms with Crippen LogP contribution in [0.25, 0.3) is 0 Å². The van der Waals surface area contributed by atoms with Gasteiger partial charge < -0.3 is 10.1 Å². The highest BCUT2D eigenvalue weighted by Crippen LogP contribution is 2.31. The topological polar surface area (TPSA) is 44.8 Å². The van der Waals surface area contributed by atoms with Gasteiger partial charge in [0.25, 0.3) is 5.91 Å². The average Bonchev–Trinajstić information content (AvgIpc) is 2.93. The van der Waals surface area contributed by atoms with E-state index in [0.29, 0.717) is 0 Å². The Bertz CT molecular complexity index is 632. The number of amides is 1. The first-order valence-corrected chi connectivity index (χ1v) is 10.3. The van der Waals surface area contributed by atoms with E-state index in [0.717, 1.165) is 37.1 Å².